The van der Waals surface area contributed by atoms with E-state index in [1.165, 1.54) is 11.9 Å². The van der Waals surface area contributed by atoms with Crippen molar-refractivity contribution in [3.8, 4) is 11.3 Å². The Kier molecular flexibility index (Phi) is 4.90. The molecule has 0 fully saturated rings. The summed E-state index contributed by atoms with van der Waals surface area (Å²) in [6.07, 6.45) is 3.17. The van der Waals surface area contributed by atoms with E-state index >= 15 is 0 Å². The number of aromatic amines is 2. The van der Waals surface area contributed by atoms with Crippen LogP contribution in [-0.2, 0) is 13.1 Å². The number of hydrogen-bond acceptors (Lipinski definition) is 5. The minimum atomic E-state index is -0.117. The van der Waals surface area contributed by atoms with Crippen LogP contribution in [0.25, 0.3) is 22.3 Å². The molecule has 4 rings (SSSR count). The minimum absolute atomic E-state index is 0.117. The number of benzene rings is 1. The monoisotopic (exact) mass is 374 g/mol. The summed E-state index contributed by atoms with van der Waals surface area (Å²) in [6.45, 7) is 1.42. The lowest BCUT2D eigenvalue weighted by atomic mass is 10.1. The van der Waals surface area contributed by atoms with Gasteiger partial charge in [-0.05, 0) is 42.9 Å². The van der Waals surface area contributed by atoms with Crippen LogP contribution in [0, 0.1) is 0 Å². The smallest absolute Gasteiger partial charge is 0.248 e. The first-order chi connectivity index (χ1) is 13.6. The molecule has 3 aromatic heterocycles. The van der Waals surface area contributed by atoms with Crippen molar-refractivity contribution in [3.05, 3.63) is 76.5 Å². The highest BCUT2D eigenvalue weighted by Crippen LogP contribution is 2.27. The Morgan fingerprint density at radius 2 is 1.86 bits per heavy atom. The third-order valence-electron chi connectivity index (χ3n) is 4.49. The molecule has 0 saturated carbocycles. The molecule has 4 aromatic rings. The lowest BCUT2D eigenvalue weighted by Gasteiger charge is -2.09. The number of anilines is 1. The number of nitrogens with one attached hydrogen (secondary N) is 3. The molecule has 28 heavy (non-hydrogen) atoms. The van der Waals surface area contributed by atoms with Crippen molar-refractivity contribution in [2.24, 2.45) is 0 Å². The Balaban J connectivity index is 1.59. The van der Waals surface area contributed by atoms with Crippen LogP contribution in [0.2, 0.25) is 0 Å². The van der Waals surface area contributed by atoms with Crippen molar-refractivity contribution >= 4 is 16.9 Å². The second-order valence-corrected chi connectivity index (χ2v) is 7.02. The molecule has 7 nitrogen and oxygen atoms in total. The van der Waals surface area contributed by atoms with Gasteiger partial charge < -0.3 is 20.2 Å². The van der Waals surface area contributed by atoms with E-state index in [1.54, 1.807) is 12.3 Å². The normalized spacial score (nSPS) is 11.2. The fraction of sp³-hybridized carbons (Fsp3) is 0.190. The van der Waals surface area contributed by atoms with E-state index in [0.29, 0.717) is 6.54 Å². The van der Waals surface area contributed by atoms with Gasteiger partial charge in [-0.1, -0.05) is 24.3 Å². The highest BCUT2D eigenvalue weighted by molar-refractivity contribution is 5.91. The third kappa shape index (κ3) is 3.94. The molecule has 3 heterocycles. The largest absolute Gasteiger partial charge is 0.365 e. The number of rotatable bonds is 6. The van der Waals surface area contributed by atoms with E-state index in [4.69, 9.17) is 0 Å². The number of hydrogen-bond donors (Lipinski definition) is 3. The Morgan fingerprint density at radius 3 is 2.61 bits per heavy atom. The van der Waals surface area contributed by atoms with Crippen LogP contribution in [0.5, 0.6) is 0 Å². The highest BCUT2D eigenvalue weighted by atomic mass is 16.1. The number of aromatic nitrogens is 4. The zero-order valence-corrected chi connectivity index (χ0v) is 15.9. The van der Waals surface area contributed by atoms with Gasteiger partial charge in [0, 0.05) is 31.0 Å². The lowest BCUT2D eigenvalue weighted by molar-refractivity contribution is 0.402. The van der Waals surface area contributed by atoms with Crippen molar-refractivity contribution in [3.63, 3.8) is 0 Å². The summed E-state index contributed by atoms with van der Waals surface area (Å²) in [5.74, 6) is 0.733. The molecule has 0 amide bonds. The zero-order chi connectivity index (χ0) is 19.5. The van der Waals surface area contributed by atoms with E-state index in [-0.39, 0.29) is 5.56 Å². The number of fused-ring (bicyclic) bond motifs is 1. The molecular weight excluding hydrogens is 352 g/mol. The van der Waals surface area contributed by atoms with Gasteiger partial charge in [0.25, 0.3) is 0 Å². The SMILES string of the molecule is CN(C)Cc1ccc(-c2cc3c(NCc4cc[nH]c(=O)c4)ncnc3[nH]2)cc1. The summed E-state index contributed by atoms with van der Waals surface area (Å²) in [4.78, 5) is 28.3. The minimum Gasteiger partial charge on any atom is -0.365 e. The summed E-state index contributed by atoms with van der Waals surface area (Å²) in [5.41, 5.74) is 4.91. The van der Waals surface area contributed by atoms with Crippen LogP contribution in [-0.4, -0.2) is 38.9 Å². The Morgan fingerprint density at radius 1 is 1.04 bits per heavy atom. The quantitative estimate of drug-likeness (QED) is 0.483. The van der Waals surface area contributed by atoms with Crippen LogP contribution in [0.4, 0.5) is 5.82 Å². The molecule has 1 aromatic carbocycles. The van der Waals surface area contributed by atoms with Crippen LogP contribution in [0.1, 0.15) is 11.1 Å². The fourth-order valence-corrected chi connectivity index (χ4v) is 3.18. The van der Waals surface area contributed by atoms with Gasteiger partial charge in [0.1, 0.15) is 17.8 Å². The average Bonchev–Trinajstić information content (AvgIpc) is 3.11. The van der Waals surface area contributed by atoms with Gasteiger partial charge in [-0.3, -0.25) is 4.79 Å². The molecule has 0 aliphatic rings. The van der Waals surface area contributed by atoms with Gasteiger partial charge in [-0.2, -0.15) is 0 Å². The first-order valence-corrected chi connectivity index (χ1v) is 9.08. The van der Waals surface area contributed by atoms with Crippen LogP contribution in [0.3, 0.4) is 0 Å². The van der Waals surface area contributed by atoms with Crippen LogP contribution >= 0.6 is 0 Å². The predicted molar refractivity (Wildman–Crippen MR) is 111 cm³/mol. The molecule has 0 atom stereocenters. The molecule has 7 heteroatoms. The number of pyridine rings is 1. The Labute approximate surface area is 162 Å². The molecule has 3 N–H and O–H groups in total. The zero-order valence-electron chi connectivity index (χ0n) is 15.9. The summed E-state index contributed by atoms with van der Waals surface area (Å²) < 4.78 is 0. The maximum Gasteiger partial charge on any atom is 0.248 e. The van der Waals surface area contributed by atoms with Gasteiger partial charge >= 0.3 is 0 Å². The van der Waals surface area contributed by atoms with Crippen molar-refractivity contribution in [1.29, 1.82) is 0 Å². The topological polar surface area (TPSA) is 89.7 Å². The third-order valence-corrected chi connectivity index (χ3v) is 4.49. The molecule has 0 spiro atoms. The molecular formula is C21H22N6O. The lowest BCUT2D eigenvalue weighted by Crippen LogP contribution is -2.10. The number of nitrogens with zero attached hydrogens (tertiary/aromatic N) is 3. The van der Waals surface area contributed by atoms with Crippen molar-refractivity contribution in [1.82, 2.24) is 24.8 Å². The maximum absolute atomic E-state index is 11.4. The Bertz CT molecular complexity index is 1140. The van der Waals surface area contributed by atoms with Gasteiger partial charge in [0.2, 0.25) is 5.56 Å². The predicted octanol–water partition coefficient (Wildman–Crippen LogP) is 2.99. The average molecular weight is 374 g/mol. The first kappa shape index (κ1) is 17.9. The maximum atomic E-state index is 11.4. The van der Waals surface area contributed by atoms with E-state index in [9.17, 15) is 4.79 Å². The van der Waals surface area contributed by atoms with Crippen LogP contribution in [0.15, 0.2) is 59.8 Å². The van der Waals surface area contributed by atoms with E-state index in [2.05, 4.69) is 74.6 Å². The van der Waals surface area contributed by atoms with E-state index < -0.39 is 0 Å². The molecule has 0 radical (unpaired) electrons. The van der Waals surface area contributed by atoms with Crippen molar-refractivity contribution < 1.29 is 0 Å². The fourth-order valence-electron chi connectivity index (χ4n) is 3.18. The summed E-state index contributed by atoms with van der Waals surface area (Å²) in [5, 5.41) is 4.21. The second kappa shape index (κ2) is 7.66. The molecule has 0 aliphatic carbocycles. The van der Waals surface area contributed by atoms with Gasteiger partial charge in [-0.25, -0.2) is 9.97 Å². The van der Waals surface area contributed by atoms with E-state index in [1.807, 2.05) is 6.07 Å². The standard InChI is InChI=1S/C21H22N6O/c1-27(2)12-14-3-5-16(6-4-14)18-10-17-20(24-13-25-21(17)26-18)23-11-15-7-8-22-19(28)9-15/h3-10,13H,11-12H2,1-2H3,(H,22,28)(H2,23,24,25,26). The second-order valence-electron chi connectivity index (χ2n) is 7.02. The van der Waals surface area contributed by atoms with Gasteiger partial charge in [-0.15, -0.1) is 0 Å². The summed E-state index contributed by atoms with van der Waals surface area (Å²) >= 11 is 0. The highest BCUT2D eigenvalue weighted by Gasteiger charge is 2.10. The summed E-state index contributed by atoms with van der Waals surface area (Å²) in [6, 6.07) is 14.0. The molecule has 0 bridgehead atoms. The molecule has 0 unspecified atom stereocenters. The van der Waals surface area contributed by atoms with Crippen LogP contribution < -0.4 is 10.9 Å². The molecule has 0 aliphatic heterocycles. The van der Waals surface area contributed by atoms with Gasteiger partial charge in [0.15, 0.2) is 0 Å². The van der Waals surface area contributed by atoms with Gasteiger partial charge in [0.05, 0.1) is 5.39 Å². The van der Waals surface area contributed by atoms with Crippen molar-refractivity contribution in [2.45, 2.75) is 13.1 Å². The van der Waals surface area contributed by atoms with E-state index in [0.717, 1.165) is 40.2 Å². The number of H-pyrrole nitrogens is 2. The molecule has 0 saturated heterocycles. The summed E-state index contributed by atoms with van der Waals surface area (Å²) in [7, 11) is 4.12. The Hall–Kier alpha value is -3.45. The molecule has 142 valence electrons. The first-order valence-electron chi connectivity index (χ1n) is 9.08. The van der Waals surface area contributed by atoms with Crippen molar-refractivity contribution in [2.75, 3.05) is 19.4 Å².